The van der Waals surface area contributed by atoms with E-state index in [2.05, 4.69) is 0 Å². The van der Waals surface area contributed by atoms with E-state index in [1.165, 1.54) is 17.8 Å². The maximum Gasteiger partial charge on any atom is 0.167 e. The molecule has 2 aromatic rings. The summed E-state index contributed by atoms with van der Waals surface area (Å²) in [5, 5.41) is 0. The van der Waals surface area contributed by atoms with Crippen molar-refractivity contribution in [2.24, 2.45) is 0 Å². The van der Waals surface area contributed by atoms with Crippen molar-refractivity contribution < 1.29 is 9.18 Å². The molecule has 0 amide bonds. The molecule has 1 nitrogen and oxygen atoms in total. The minimum atomic E-state index is -0.332. The molecule has 0 aliphatic rings. The molecule has 0 fully saturated rings. The van der Waals surface area contributed by atoms with E-state index in [4.69, 9.17) is 0 Å². The first kappa shape index (κ1) is 16.4. The Balaban J connectivity index is 0.000000956. The van der Waals surface area contributed by atoms with Crippen molar-refractivity contribution in [3.05, 3.63) is 65.5 Å². The van der Waals surface area contributed by atoms with Crippen molar-refractivity contribution in [3.8, 4) is 0 Å². The Kier molecular flexibility index (Phi) is 7.02. The molecule has 0 aliphatic heterocycles. The van der Waals surface area contributed by atoms with Crippen molar-refractivity contribution in [2.75, 3.05) is 6.26 Å². The van der Waals surface area contributed by atoms with Gasteiger partial charge in [-0.3, -0.25) is 4.79 Å². The lowest BCUT2D eigenvalue weighted by atomic mass is 10.0. The van der Waals surface area contributed by atoms with Crippen LogP contribution in [0.25, 0.3) is 0 Å². The Morgan fingerprint density at radius 3 is 2.30 bits per heavy atom. The van der Waals surface area contributed by atoms with Crippen molar-refractivity contribution in [3.63, 3.8) is 0 Å². The monoisotopic (exact) mass is 290 g/mol. The SMILES string of the molecule is CC.CSc1ccc(C(=O)Cc2ccccc2)cc1F. The average molecular weight is 290 g/mol. The van der Waals surface area contributed by atoms with Crippen LogP contribution in [0.5, 0.6) is 0 Å². The third-order valence-electron chi connectivity index (χ3n) is 2.68. The molecule has 0 spiro atoms. The maximum atomic E-state index is 13.6. The molecule has 2 aromatic carbocycles. The van der Waals surface area contributed by atoms with Gasteiger partial charge in [0, 0.05) is 16.9 Å². The highest BCUT2D eigenvalue weighted by molar-refractivity contribution is 7.98. The highest BCUT2D eigenvalue weighted by atomic mass is 32.2. The Hall–Kier alpha value is -1.61. The first-order chi connectivity index (χ1) is 9.70. The molecule has 0 heterocycles. The van der Waals surface area contributed by atoms with Crippen LogP contribution in [0, 0.1) is 5.82 Å². The summed E-state index contributed by atoms with van der Waals surface area (Å²) in [6.07, 6.45) is 2.11. The summed E-state index contributed by atoms with van der Waals surface area (Å²) in [5.41, 5.74) is 1.37. The zero-order valence-corrected chi connectivity index (χ0v) is 12.8. The van der Waals surface area contributed by atoms with E-state index in [-0.39, 0.29) is 11.6 Å². The Morgan fingerprint density at radius 1 is 1.10 bits per heavy atom. The van der Waals surface area contributed by atoms with Gasteiger partial charge in [-0.2, -0.15) is 0 Å². The first-order valence-electron chi connectivity index (χ1n) is 6.61. The molecule has 106 valence electrons. The molecule has 2 rings (SSSR count). The smallest absolute Gasteiger partial charge is 0.167 e. The topological polar surface area (TPSA) is 17.1 Å². The second kappa shape index (κ2) is 8.54. The van der Waals surface area contributed by atoms with Crippen molar-refractivity contribution >= 4 is 17.5 Å². The van der Waals surface area contributed by atoms with Gasteiger partial charge >= 0.3 is 0 Å². The van der Waals surface area contributed by atoms with Crippen LogP contribution < -0.4 is 0 Å². The van der Waals surface area contributed by atoms with Gasteiger partial charge in [0.25, 0.3) is 0 Å². The van der Waals surface area contributed by atoms with Crippen LogP contribution in [0.3, 0.4) is 0 Å². The largest absolute Gasteiger partial charge is 0.294 e. The van der Waals surface area contributed by atoms with E-state index in [1.54, 1.807) is 12.1 Å². The number of rotatable bonds is 4. The average Bonchev–Trinajstić information content (AvgIpc) is 2.50. The Labute approximate surface area is 124 Å². The lowest BCUT2D eigenvalue weighted by molar-refractivity contribution is 0.0992. The van der Waals surface area contributed by atoms with E-state index in [1.807, 2.05) is 50.4 Å². The van der Waals surface area contributed by atoms with Gasteiger partial charge in [-0.1, -0.05) is 50.2 Å². The molecule has 0 unspecified atom stereocenters. The van der Waals surface area contributed by atoms with Crippen LogP contribution in [0.2, 0.25) is 0 Å². The molecule has 0 saturated heterocycles. The van der Waals surface area contributed by atoms with Gasteiger partial charge in [0.2, 0.25) is 0 Å². The number of hydrogen-bond acceptors (Lipinski definition) is 2. The maximum absolute atomic E-state index is 13.6. The van der Waals surface area contributed by atoms with E-state index < -0.39 is 0 Å². The fourth-order valence-electron chi connectivity index (χ4n) is 1.72. The number of halogens is 1. The molecule has 0 radical (unpaired) electrons. The van der Waals surface area contributed by atoms with Gasteiger partial charge in [0.1, 0.15) is 5.82 Å². The summed E-state index contributed by atoms with van der Waals surface area (Å²) in [6.45, 7) is 4.00. The highest BCUT2D eigenvalue weighted by Gasteiger charge is 2.10. The van der Waals surface area contributed by atoms with Crippen molar-refractivity contribution in [2.45, 2.75) is 25.2 Å². The summed E-state index contributed by atoms with van der Waals surface area (Å²) < 4.78 is 13.6. The zero-order chi connectivity index (χ0) is 15.0. The predicted octanol–water partition coefficient (Wildman–Crippen LogP) is 5.00. The summed E-state index contributed by atoms with van der Waals surface area (Å²) in [7, 11) is 0. The van der Waals surface area contributed by atoms with Crippen molar-refractivity contribution in [1.29, 1.82) is 0 Å². The van der Waals surface area contributed by atoms with E-state index in [9.17, 15) is 9.18 Å². The third-order valence-corrected chi connectivity index (χ3v) is 3.45. The van der Waals surface area contributed by atoms with Crippen LogP contribution in [0.4, 0.5) is 4.39 Å². The number of carbonyl (C=O) groups excluding carboxylic acids is 1. The molecule has 3 heteroatoms. The molecular formula is C17H19FOS. The zero-order valence-electron chi connectivity index (χ0n) is 12.0. The van der Waals surface area contributed by atoms with E-state index in [0.717, 1.165) is 5.56 Å². The molecule has 0 N–H and O–H groups in total. The Morgan fingerprint density at radius 2 is 1.75 bits per heavy atom. The van der Waals surface area contributed by atoms with Gasteiger partial charge in [-0.05, 0) is 24.0 Å². The quantitative estimate of drug-likeness (QED) is 0.582. The molecule has 0 aliphatic carbocycles. The molecule has 0 aromatic heterocycles. The minimum Gasteiger partial charge on any atom is -0.294 e. The fraction of sp³-hybridized carbons (Fsp3) is 0.235. The molecular weight excluding hydrogens is 271 g/mol. The minimum absolute atomic E-state index is 0.0623. The lowest BCUT2D eigenvalue weighted by Crippen LogP contribution is -2.04. The molecule has 0 atom stereocenters. The standard InChI is InChI=1S/C15H13FOS.C2H6/c1-18-15-8-7-12(10-13(15)16)14(17)9-11-5-3-2-4-6-11;1-2/h2-8,10H,9H2,1H3;1-2H3. The predicted molar refractivity (Wildman–Crippen MR) is 84.0 cm³/mol. The van der Waals surface area contributed by atoms with Gasteiger partial charge < -0.3 is 0 Å². The third kappa shape index (κ3) is 4.49. The second-order valence-corrected chi connectivity index (χ2v) is 4.78. The Bertz CT molecular complexity index is 552. The number of ketones is 1. The van der Waals surface area contributed by atoms with Gasteiger partial charge in [-0.15, -0.1) is 11.8 Å². The number of Topliss-reactive ketones (excluding diaryl/α,β-unsaturated/α-hetero) is 1. The summed E-state index contributed by atoms with van der Waals surface area (Å²) in [5.74, 6) is -0.394. The first-order valence-corrected chi connectivity index (χ1v) is 7.84. The van der Waals surface area contributed by atoms with Crippen LogP contribution in [-0.4, -0.2) is 12.0 Å². The normalized spacial score (nSPS) is 9.60. The van der Waals surface area contributed by atoms with E-state index >= 15 is 0 Å². The van der Waals surface area contributed by atoms with Crippen LogP contribution >= 0.6 is 11.8 Å². The van der Waals surface area contributed by atoms with Crippen LogP contribution in [0.1, 0.15) is 29.8 Å². The lowest BCUT2D eigenvalue weighted by Gasteiger charge is -2.04. The van der Waals surface area contributed by atoms with Gasteiger partial charge in [0.05, 0.1) is 0 Å². The number of benzene rings is 2. The number of carbonyl (C=O) groups is 1. The molecule has 0 bridgehead atoms. The summed E-state index contributed by atoms with van der Waals surface area (Å²) >= 11 is 1.33. The highest BCUT2D eigenvalue weighted by Crippen LogP contribution is 2.20. The molecule has 0 saturated carbocycles. The number of thioether (sulfide) groups is 1. The van der Waals surface area contributed by atoms with E-state index in [0.29, 0.717) is 16.9 Å². The molecule has 20 heavy (non-hydrogen) atoms. The number of hydrogen-bond donors (Lipinski definition) is 0. The van der Waals surface area contributed by atoms with Gasteiger partial charge in [-0.25, -0.2) is 4.39 Å². The fourth-order valence-corrected chi connectivity index (χ4v) is 2.18. The van der Waals surface area contributed by atoms with Crippen molar-refractivity contribution in [1.82, 2.24) is 0 Å². The summed E-state index contributed by atoms with van der Waals surface area (Å²) in [6, 6.07) is 14.1. The van der Waals surface area contributed by atoms with Crippen LogP contribution in [-0.2, 0) is 6.42 Å². The summed E-state index contributed by atoms with van der Waals surface area (Å²) in [4.78, 5) is 12.6. The van der Waals surface area contributed by atoms with Crippen LogP contribution in [0.15, 0.2) is 53.4 Å². The second-order valence-electron chi connectivity index (χ2n) is 3.93. The van der Waals surface area contributed by atoms with Gasteiger partial charge in [0.15, 0.2) is 5.78 Å².